The highest BCUT2D eigenvalue weighted by Crippen LogP contribution is 2.25. The third kappa shape index (κ3) is 4.68. The second kappa shape index (κ2) is 9.18. The average Bonchev–Trinajstić information content (AvgIpc) is 3.38. The van der Waals surface area contributed by atoms with Crippen LogP contribution in [0.3, 0.4) is 0 Å². The van der Waals surface area contributed by atoms with E-state index in [1.807, 2.05) is 80.7 Å². The third-order valence-electron chi connectivity index (χ3n) is 4.47. The fourth-order valence-corrected chi connectivity index (χ4v) is 3.12. The second-order valence-corrected chi connectivity index (χ2v) is 7.30. The van der Waals surface area contributed by atoms with Crippen LogP contribution in [0.1, 0.15) is 31.0 Å². The van der Waals surface area contributed by atoms with Crippen molar-refractivity contribution in [1.29, 1.82) is 5.26 Å². The van der Waals surface area contributed by atoms with Crippen molar-refractivity contribution in [3.8, 4) is 28.8 Å². The highest BCUT2D eigenvalue weighted by atomic mass is 16.5. The summed E-state index contributed by atoms with van der Waals surface area (Å²) in [6.07, 6.45) is 3.63. The molecule has 0 amide bonds. The molecule has 0 fully saturated rings. The molecule has 0 aliphatic rings. The molecule has 0 radical (unpaired) electrons. The largest absolute Gasteiger partial charge is 0.491 e. The minimum atomic E-state index is 0.102. The van der Waals surface area contributed by atoms with Crippen LogP contribution in [-0.4, -0.2) is 27.1 Å². The van der Waals surface area contributed by atoms with Crippen molar-refractivity contribution in [2.75, 3.05) is 5.43 Å². The zero-order valence-corrected chi connectivity index (χ0v) is 18.0. The van der Waals surface area contributed by atoms with Gasteiger partial charge in [-0.1, -0.05) is 18.2 Å². The van der Waals surface area contributed by atoms with Gasteiger partial charge in [0, 0.05) is 24.2 Å². The number of aryl methyl sites for hydroxylation is 1. The van der Waals surface area contributed by atoms with E-state index in [1.54, 1.807) is 17.8 Å². The second-order valence-electron chi connectivity index (χ2n) is 7.30. The topological polar surface area (TPSA) is 101 Å². The minimum Gasteiger partial charge on any atom is -0.491 e. The number of anilines is 1. The summed E-state index contributed by atoms with van der Waals surface area (Å²) in [7, 11) is 0. The van der Waals surface area contributed by atoms with Crippen LogP contribution < -0.4 is 10.2 Å². The van der Waals surface area contributed by atoms with Gasteiger partial charge in [0.15, 0.2) is 5.89 Å². The van der Waals surface area contributed by atoms with Gasteiger partial charge < -0.3 is 9.15 Å². The van der Waals surface area contributed by atoms with Crippen LogP contribution in [0.2, 0.25) is 0 Å². The number of nitrogens with zero attached hydrogens (tertiary/aromatic N) is 5. The number of rotatable bonds is 7. The number of ether oxygens (including phenoxy) is 1. The SMILES string of the molecule is Cc1nc(C#N)c(N/N=C/c2cn(-c3ccccc3)nc2-c2ccc(OC(C)C)cc2)o1. The van der Waals surface area contributed by atoms with Gasteiger partial charge >= 0.3 is 0 Å². The van der Waals surface area contributed by atoms with Crippen molar-refractivity contribution < 1.29 is 9.15 Å². The number of hydrogen-bond acceptors (Lipinski definition) is 7. The molecule has 2 aromatic heterocycles. The summed E-state index contributed by atoms with van der Waals surface area (Å²) in [5, 5.41) is 18.2. The van der Waals surface area contributed by atoms with Crippen molar-refractivity contribution in [3.05, 3.63) is 77.9 Å². The third-order valence-corrected chi connectivity index (χ3v) is 4.47. The molecule has 0 saturated heterocycles. The molecule has 2 aromatic carbocycles. The molecule has 0 spiro atoms. The number of nitrogens with one attached hydrogen (secondary N) is 1. The van der Waals surface area contributed by atoms with Gasteiger partial charge in [0.1, 0.15) is 17.5 Å². The Morgan fingerprint density at radius 1 is 1.16 bits per heavy atom. The first-order chi connectivity index (χ1) is 15.5. The van der Waals surface area contributed by atoms with Crippen molar-refractivity contribution in [2.45, 2.75) is 26.9 Å². The van der Waals surface area contributed by atoms with Crippen LogP contribution in [0.5, 0.6) is 5.75 Å². The van der Waals surface area contributed by atoms with E-state index in [1.165, 1.54) is 0 Å². The van der Waals surface area contributed by atoms with E-state index < -0.39 is 0 Å². The number of oxazole rings is 1. The number of benzene rings is 2. The summed E-state index contributed by atoms with van der Waals surface area (Å²) < 4.78 is 12.9. The molecule has 8 heteroatoms. The Kier molecular flexibility index (Phi) is 5.99. The highest BCUT2D eigenvalue weighted by molar-refractivity contribution is 5.89. The maximum atomic E-state index is 9.16. The van der Waals surface area contributed by atoms with Crippen LogP contribution in [0.4, 0.5) is 5.88 Å². The fraction of sp³-hybridized carbons (Fsp3) is 0.167. The summed E-state index contributed by atoms with van der Waals surface area (Å²) in [4.78, 5) is 4.00. The summed E-state index contributed by atoms with van der Waals surface area (Å²) >= 11 is 0. The predicted molar refractivity (Wildman–Crippen MR) is 122 cm³/mol. The normalized spacial score (nSPS) is 11.1. The first-order valence-electron chi connectivity index (χ1n) is 10.1. The quantitative estimate of drug-likeness (QED) is 0.332. The summed E-state index contributed by atoms with van der Waals surface area (Å²) in [5.74, 6) is 1.39. The first-order valence-corrected chi connectivity index (χ1v) is 10.1. The molecular formula is C24H22N6O2. The Bertz CT molecular complexity index is 1260. The molecule has 8 nitrogen and oxygen atoms in total. The molecule has 0 unspecified atom stereocenters. The van der Waals surface area contributed by atoms with Gasteiger partial charge in [0.25, 0.3) is 5.88 Å². The minimum absolute atomic E-state index is 0.102. The van der Waals surface area contributed by atoms with Gasteiger partial charge in [-0.25, -0.2) is 15.1 Å². The molecule has 0 bridgehead atoms. The smallest absolute Gasteiger partial charge is 0.252 e. The van der Waals surface area contributed by atoms with E-state index in [4.69, 9.17) is 19.5 Å². The Morgan fingerprint density at radius 2 is 1.91 bits per heavy atom. The predicted octanol–water partition coefficient (Wildman–Crippen LogP) is 4.94. The lowest BCUT2D eigenvalue weighted by molar-refractivity contribution is 0.242. The standard InChI is InChI=1S/C24H22N6O2/c1-16(2)31-21-11-9-18(10-12-21)23-19(15-30(29-23)20-7-5-4-6-8-20)14-26-28-24-22(13-25)27-17(3)32-24/h4-12,14-16,28H,1-3H3/b26-14+. The molecule has 160 valence electrons. The number of aromatic nitrogens is 3. The van der Waals surface area contributed by atoms with Gasteiger partial charge in [-0.15, -0.1) is 0 Å². The van der Waals surface area contributed by atoms with E-state index in [0.29, 0.717) is 5.89 Å². The Balaban J connectivity index is 1.67. The molecule has 32 heavy (non-hydrogen) atoms. The van der Waals surface area contributed by atoms with Crippen molar-refractivity contribution in [3.63, 3.8) is 0 Å². The summed E-state index contributed by atoms with van der Waals surface area (Å²) in [5.41, 5.74) is 6.30. The highest BCUT2D eigenvalue weighted by Gasteiger charge is 2.13. The molecule has 1 N–H and O–H groups in total. The monoisotopic (exact) mass is 426 g/mol. The Hall–Kier alpha value is -4.38. The maximum Gasteiger partial charge on any atom is 0.252 e. The van der Waals surface area contributed by atoms with Gasteiger partial charge in [0.05, 0.1) is 18.0 Å². The number of hydrogen-bond donors (Lipinski definition) is 1. The fourth-order valence-electron chi connectivity index (χ4n) is 3.12. The molecule has 4 rings (SSSR count). The average molecular weight is 426 g/mol. The van der Waals surface area contributed by atoms with Crippen molar-refractivity contribution >= 4 is 12.1 Å². The number of nitriles is 1. The Labute approximate surface area is 185 Å². The maximum absolute atomic E-state index is 9.16. The van der Waals surface area contributed by atoms with Crippen LogP contribution in [0, 0.1) is 18.3 Å². The summed E-state index contributed by atoms with van der Waals surface area (Å²) in [6.45, 7) is 5.65. The molecular weight excluding hydrogens is 404 g/mol. The van der Waals surface area contributed by atoms with Gasteiger partial charge in [0.2, 0.25) is 5.69 Å². The van der Waals surface area contributed by atoms with E-state index >= 15 is 0 Å². The number of para-hydroxylation sites is 1. The lowest BCUT2D eigenvalue weighted by Crippen LogP contribution is -2.05. The van der Waals surface area contributed by atoms with Crippen LogP contribution in [0.25, 0.3) is 16.9 Å². The molecule has 0 atom stereocenters. The zero-order chi connectivity index (χ0) is 22.5. The van der Waals surface area contributed by atoms with E-state index in [-0.39, 0.29) is 17.7 Å². The van der Waals surface area contributed by atoms with E-state index in [9.17, 15) is 0 Å². The molecule has 0 aliphatic carbocycles. The zero-order valence-electron chi connectivity index (χ0n) is 18.0. The van der Waals surface area contributed by atoms with Crippen LogP contribution in [0.15, 0.2) is 70.3 Å². The van der Waals surface area contributed by atoms with Crippen molar-refractivity contribution in [2.24, 2.45) is 5.10 Å². The molecule has 2 heterocycles. The first kappa shape index (κ1) is 20.9. The molecule has 0 aliphatic heterocycles. The number of hydrazone groups is 1. The van der Waals surface area contributed by atoms with Gasteiger partial charge in [-0.2, -0.15) is 15.5 Å². The summed E-state index contributed by atoms with van der Waals surface area (Å²) in [6, 6.07) is 19.6. The van der Waals surface area contributed by atoms with Gasteiger partial charge in [-0.05, 0) is 50.2 Å². The van der Waals surface area contributed by atoms with Gasteiger partial charge in [-0.3, -0.25) is 0 Å². The molecule has 0 saturated carbocycles. The molecule has 4 aromatic rings. The Morgan fingerprint density at radius 3 is 2.59 bits per heavy atom. The van der Waals surface area contributed by atoms with Crippen LogP contribution in [-0.2, 0) is 0 Å². The van der Waals surface area contributed by atoms with E-state index in [2.05, 4.69) is 15.5 Å². The lowest BCUT2D eigenvalue weighted by atomic mass is 10.1. The lowest BCUT2D eigenvalue weighted by Gasteiger charge is -2.09. The van der Waals surface area contributed by atoms with E-state index in [0.717, 1.165) is 28.3 Å². The van der Waals surface area contributed by atoms with Crippen molar-refractivity contribution in [1.82, 2.24) is 14.8 Å². The van der Waals surface area contributed by atoms with Crippen LogP contribution >= 0.6 is 0 Å².